The average Bonchev–Trinajstić information content (AvgIpc) is 2.69. The Morgan fingerprint density at radius 2 is 2.00 bits per heavy atom. The van der Waals surface area contributed by atoms with E-state index in [4.69, 9.17) is 0 Å². The first kappa shape index (κ1) is 20.0. The molecule has 0 saturated carbocycles. The Labute approximate surface area is 164 Å². The number of halogens is 2. The van der Waals surface area contributed by atoms with Crippen molar-refractivity contribution in [3.63, 3.8) is 0 Å². The van der Waals surface area contributed by atoms with Gasteiger partial charge < -0.3 is 15.5 Å². The first-order chi connectivity index (χ1) is 13.5. The second-order valence-corrected chi connectivity index (χ2v) is 7.03. The van der Waals surface area contributed by atoms with E-state index in [1.807, 2.05) is 19.1 Å². The highest BCUT2D eigenvalue weighted by atomic mass is 19.1. The van der Waals surface area contributed by atoms with Gasteiger partial charge in [0, 0.05) is 44.5 Å². The summed E-state index contributed by atoms with van der Waals surface area (Å²) in [5.41, 5.74) is 1.52. The first-order valence-electron chi connectivity index (χ1n) is 9.65. The van der Waals surface area contributed by atoms with Gasteiger partial charge in [-0.3, -0.25) is 4.99 Å². The molecule has 1 aromatic carbocycles. The van der Waals surface area contributed by atoms with Crippen molar-refractivity contribution in [2.24, 2.45) is 4.99 Å². The minimum absolute atomic E-state index is 0.329. The number of guanidine groups is 1. The third-order valence-electron chi connectivity index (χ3n) is 4.96. The largest absolute Gasteiger partial charge is 0.356 e. The smallest absolute Gasteiger partial charge is 0.191 e. The van der Waals surface area contributed by atoms with E-state index in [2.05, 4.69) is 31.6 Å². The van der Waals surface area contributed by atoms with Crippen molar-refractivity contribution in [2.45, 2.75) is 32.2 Å². The van der Waals surface area contributed by atoms with Crippen LogP contribution in [-0.4, -0.2) is 43.7 Å². The van der Waals surface area contributed by atoms with Gasteiger partial charge in [0.2, 0.25) is 0 Å². The summed E-state index contributed by atoms with van der Waals surface area (Å²) >= 11 is 0. The lowest BCUT2D eigenvalue weighted by atomic mass is 10.1. The van der Waals surface area contributed by atoms with E-state index in [-0.39, 0.29) is 0 Å². The molecule has 1 saturated heterocycles. The molecule has 28 heavy (non-hydrogen) atoms. The summed E-state index contributed by atoms with van der Waals surface area (Å²) < 4.78 is 26.7. The van der Waals surface area contributed by atoms with E-state index >= 15 is 0 Å². The predicted octanol–water partition coefficient (Wildman–Crippen LogP) is 3.04. The Morgan fingerprint density at radius 3 is 2.68 bits per heavy atom. The molecular weight excluding hydrogens is 360 g/mol. The fourth-order valence-electron chi connectivity index (χ4n) is 3.39. The maximum atomic E-state index is 13.7. The molecule has 5 nitrogen and oxygen atoms in total. The van der Waals surface area contributed by atoms with Crippen molar-refractivity contribution < 1.29 is 8.78 Å². The van der Waals surface area contributed by atoms with Gasteiger partial charge in [0.25, 0.3) is 0 Å². The molecule has 0 bridgehead atoms. The highest BCUT2D eigenvalue weighted by Gasteiger charge is 2.21. The molecule has 7 heteroatoms. The van der Waals surface area contributed by atoms with Gasteiger partial charge in [-0.25, -0.2) is 13.8 Å². The third kappa shape index (κ3) is 5.41. The van der Waals surface area contributed by atoms with Crippen LogP contribution in [0.3, 0.4) is 0 Å². The molecule has 2 heterocycles. The van der Waals surface area contributed by atoms with Crippen LogP contribution in [0.25, 0.3) is 0 Å². The normalized spacial score (nSPS) is 15.6. The Balaban J connectivity index is 1.44. The molecule has 2 N–H and O–H groups in total. The third-order valence-corrected chi connectivity index (χ3v) is 4.96. The van der Waals surface area contributed by atoms with Crippen LogP contribution in [0.4, 0.5) is 14.6 Å². The second kappa shape index (κ2) is 9.48. The van der Waals surface area contributed by atoms with Crippen molar-refractivity contribution in [2.75, 3.05) is 31.6 Å². The number of anilines is 1. The van der Waals surface area contributed by atoms with Crippen molar-refractivity contribution in [1.82, 2.24) is 15.6 Å². The zero-order chi connectivity index (χ0) is 19.9. The average molecular weight is 387 g/mol. The van der Waals surface area contributed by atoms with Crippen LogP contribution in [0.15, 0.2) is 41.4 Å². The molecule has 0 aliphatic carbocycles. The van der Waals surface area contributed by atoms with Crippen LogP contribution in [0, 0.1) is 18.6 Å². The van der Waals surface area contributed by atoms with E-state index in [0.717, 1.165) is 43.5 Å². The van der Waals surface area contributed by atoms with E-state index in [1.165, 1.54) is 12.1 Å². The zero-order valence-corrected chi connectivity index (χ0v) is 16.4. The number of pyridine rings is 1. The van der Waals surface area contributed by atoms with Gasteiger partial charge in [0.05, 0.1) is 0 Å². The standard InChI is InChI=1S/C21H27F2N5/c1-15-4-3-5-20(26-15)28-12-9-18(10-13-28)27-21(24-2)25-11-8-16-6-7-17(22)14-19(16)23/h3-7,14,18H,8-13H2,1-2H3,(H2,24,25,27). The van der Waals surface area contributed by atoms with Crippen LogP contribution >= 0.6 is 0 Å². The highest BCUT2D eigenvalue weighted by Crippen LogP contribution is 2.18. The molecule has 0 spiro atoms. The van der Waals surface area contributed by atoms with E-state index in [1.54, 1.807) is 7.05 Å². The Bertz CT molecular complexity index is 816. The van der Waals surface area contributed by atoms with Gasteiger partial charge in [-0.15, -0.1) is 0 Å². The summed E-state index contributed by atoms with van der Waals surface area (Å²) in [6.45, 7) is 4.40. The van der Waals surface area contributed by atoms with Gasteiger partial charge in [0.15, 0.2) is 5.96 Å². The van der Waals surface area contributed by atoms with E-state index < -0.39 is 11.6 Å². The molecule has 0 amide bonds. The van der Waals surface area contributed by atoms with Crippen LogP contribution in [-0.2, 0) is 6.42 Å². The van der Waals surface area contributed by atoms with Crippen molar-refractivity contribution in [3.8, 4) is 0 Å². The second-order valence-electron chi connectivity index (χ2n) is 7.03. The summed E-state index contributed by atoms with van der Waals surface area (Å²) in [7, 11) is 1.72. The van der Waals surface area contributed by atoms with E-state index in [9.17, 15) is 8.78 Å². The molecule has 150 valence electrons. The molecule has 2 aromatic rings. The topological polar surface area (TPSA) is 52.6 Å². The number of nitrogens with one attached hydrogen (secondary N) is 2. The van der Waals surface area contributed by atoms with Gasteiger partial charge in [-0.1, -0.05) is 12.1 Å². The van der Waals surface area contributed by atoms with Gasteiger partial charge in [-0.05, 0) is 49.9 Å². The lowest BCUT2D eigenvalue weighted by Gasteiger charge is -2.34. The maximum Gasteiger partial charge on any atom is 0.191 e. The number of benzene rings is 1. The number of aromatic nitrogens is 1. The summed E-state index contributed by atoms with van der Waals surface area (Å²) in [5.74, 6) is 0.665. The van der Waals surface area contributed by atoms with Crippen molar-refractivity contribution >= 4 is 11.8 Å². The molecule has 1 aliphatic heterocycles. The molecule has 1 fully saturated rings. The van der Waals surface area contributed by atoms with Crippen LogP contribution in [0.1, 0.15) is 24.1 Å². The number of rotatable bonds is 5. The summed E-state index contributed by atoms with van der Waals surface area (Å²) in [6, 6.07) is 10.1. The minimum atomic E-state index is -0.557. The number of hydrogen-bond donors (Lipinski definition) is 2. The fourth-order valence-corrected chi connectivity index (χ4v) is 3.39. The minimum Gasteiger partial charge on any atom is -0.356 e. The van der Waals surface area contributed by atoms with Gasteiger partial charge in [0.1, 0.15) is 17.5 Å². The van der Waals surface area contributed by atoms with Crippen LogP contribution < -0.4 is 15.5 Å². The van der Waals surface area contributed by atoms with Gasteiger partial charge in [-0.2, -0.15) is 0 Å². The molecule has 1 aliphatic rings. The lowest BCUT2D eigenvalue weighted by Crippen LogP contribution is -2.49. The fraction of sp³-hybridized carbons (Fsp3) is 0.429. The lowest BCUT2D eigenvalue weighted by molar-refractivity contribution is 0.459. The monoisotopic (exact) mass is 387 g/mol. The molecule has 0 radical (unpaired) electrons. The highest BCUT2D eigenvalue weighted by molar-refractivity contribution is 5.80. The van der Waals surface area contributed by atoms with Crippen molar-refractivity contribution in [3.05, 3.63) is 59.3 Å². The maximum absolute atomic E-state index is 13.7. The van der Waals surface area contributed by atoms with Crippen LogP contribution in [0.5, 0.6) is 0 Å². The number of nitrogens with zero attached hydrogens (tertiary/aromatic N) is 3. The Hall–Kier alpha value is -2.70. The molecule has 0 unspecified atom stereocenters. The summed E-state index contributed by atoms with van der Waals surface area (Å²) in [5, 5.41) is 6.65. The Morgan fingerprint density at radius 1 is 1.21 bits per heavy atom. The molecule has 3 rings (SSSR count). The van der Waals surface area contributed by atoms with Crippen LogP contribution in [0.2, 0.25) is 0 Å². The predicted molar refractivity (Wildman–Crippen MR) is 109 cm³/mol. The zero-order valence-electron chi connectivity index (χ0n) is 16.4. The summed E-state index contributed by atoms with van der Waals surface area (Å²) in [4.78, 5) is 11.2. The first-order valence-corrected chi connectivity index (χ1v) is 9.65. The molecular formula is C21H27F2N5. The summed E-state index contributed by atoms with van der Waals surface area (Å²) in [6.07, 6.45) is 2.44. The number of hydrogen-bond acceptors (Lipinski definition) is 3. The van der Waals surface area contributed by atoms with Crippen molar-refractivity contribution in [1.29, 1.82) is 0 Å². The molecule has 0 atom stereocenters. The SMILES string of the molecule is CN=C(NCCc1ccc(F)cc1F)NC1CCN(c2cccc(C)n2)CC1. The quantitative estimate of drug-likeness (QED) is 0.612. The van der Waals surface area contributed by atoms with Gasteiger partial charge >= 0.3 is 0 Å². The number of aliphatic imine (C=N–C) groups is 1. The number of aryl methyl sites for hydroxylation is 1. The Kier molecular flexibility index (Phi) is 6.79. The van der Waals surface area contributed by atoms with E-state index in [0.29, 0.717) is 30.5 Å². The number of piperidine rings is 1. The molecule has 1 aromatic heterocycles.